The van der Waals surface area contributed by atoms with E-state index in [0.717, 1.165) is 38.0 Å². The molecular formula is C30H29N3O3. The summed E-state index contributed by atoms with van der Waals surface area (Å²) >= 11 is 0. The van der Waals surface area contributed by atoms with Gasteiger partial charge < -0.3 is 10.1 Å². The summed E-state index contributed by atoms with van der Waals surface area (Å²) in [4.78, 5) is 31.4. The number of ether oxygens (including phenoxy) is 1. The molecule has 0 saturated carbocycles. The molecule has 0 bridgehead atoms. The number of likely N-dealkylation sites (tertiary alicyclic amines) is 1. The van der Waals surface area contributed by atoms with Crippen LogP contribution < -0.4 is 5.32 Å². The Morgan fingerprint density at radius 2 is 1.86 bits per heavy atom. The first-order valence-corrected chi connectivity index (χ1v) is 12.2. The zero-order valence-electron chi connectivity index (χ0n) is 20.3. The van der Waals surface area contributed by atoms with Crippen LogP contribution in [-0.2, 0) is 17.7 Å². The standard InChI is InChI=1S/C30H29N3O3/c1-36-30(35)25-8-4-10-27(17-25)32-29(34)24-7-2-5-21(16-24)19-33-14-12-22(20-33)15-23-6-3-9-26-18-31-13-11-28(23)26/h2-11,13,16-18,22H,12,14-15,19-20H2,1H3,(H,32,34). The van der Waals surface area contributed by atoms with E-state index in [1.54, 1.807) is 24.3 Å². The molecule has 1 saturated heterocycles. The predicted octanol–water partition coefficient (Wildman–Crippen LogP) is 5.34. The van der Waals surface area contributed by atoms with Crippen molar-refractivity contribution in [3.63, 3.8) is 0 Å². The Balaban J connectivity index is 1.20. The molecule has 1 aliphatic heterocycles. The van der Waals surface area contributed by atoms with Crippen LogP contribution in [0.5, 0.6) is 0 Å². The van der Waals surface area contributed by atoms with Crippen molar-refractivity contribution in [2.45, 2.75) is 19.4 Å². The summed E-state index contributed by atoms with van der Waals surface area (Å²) in [6, 6.07) is 23.1. The third-order valence-corrected chi connectivity index (χ3v) is 6.79. The van der Waals surface area contributed by atoms with Crippen LogP contribution in [0.1, 0.15) is 38.3 Å². The molecule has 3 aromatic carbocycles. The Hall–Kier alpha value is -4.03. The molecule has 0 radical (unpaired) electrons. The average Bonchev–Trinajstić information content (AvgIpc) is 3.35. The normalized spacial score (nSPS) is 15.6. The molecule has 182 valence electrons. The van der Waals surface area contributed by atoms with Crippen LogP contribution >= 0.6 is 0 Å². The number of amides is 1. The molecule has 0 spiro atoms. The van der Waals surface area contributed by atoms with Crippen LogP contribution in [0.4, 0.5) is 5.69 Å². The molecule has 1 aromatic heterocycles. The minimum absolute atomic E-state index is 0.205. The molecule has 4 aromatic rings. The number of pyridine rings is 1. The number of carbonyl (C=O) groups excluding carboxylic acids is 2. The zero-order valence-corrected chi connectivity index (χ0v) is 20.3. The Bertz CT molecular complexity index is 1400. The first kappa shape index (κ1) is 23.7. The van der Waals surface area contributed by atoms with E-state index in [1.165, 1.54) is 23.4 Å². The van der Waals surface area contributed by atoms with Crippen molar-refractivity contribution < 1.29 is 14.3 Å². The molecule has 36 heavy (non-hydrogen) atoms. The maximum atomic E-state index is 12.9. The topological polar surface area (TPSA) is 71.5 Å². The third kappa shape index (κ3) is 5.44. The number of rotatable bonds is 7. The van der Waals surface area contributed by atoms with Crippen LogP contribution in [0.15, 0.2) is 85.2 Å². The molecule has 1 N–H and O–H groups in total. The van der Waals surface area contributed by atoms with Crippen molar-refractivity contribution >= 4 is 28.3 Å². The second-order valence-electron chi connectivity index (χ2n) is 9.33. The van der Waals surface area contributed by atoms with Gasteiger partial charge in [-0.2, -0.15) is 0 Å². The summed E-state index contributed by atoms with van der Waals surface area (Å²) in [7, 11) is 1.34. The summed E-state index contributed by atoms with van der Waals surface area (Å²) in [5.74, 6) is -0.0320. The highest BCUT2D eigenvalue weighted by molar-refractivity contribution is 6.05. The number of fused-ring (bicyclic) bond motifs is 1. The first-order chi connectivity index (χ1) is 17.6. The molecule has 5 rings (SSSR count). The maximum absolute atomic E-state index is 12.9. The van der Waals surface area contributed by atoms with E-state index in [0.29, 0.717) is 22.7 Å². The van der Waals surface area contributed by atoms with Crippen molar-refractivity contribution in [1.29, 1.82) is 0 Å². The SMILES string of the molecule is COC(=O)c1cccc(NC(=O)c2cccc(CN3CCC(Cc4cccc5cnccc45)C3)c2)c1. The highest BCUT2D eigenvalue weighted by atomic mass is 16.5. The number of hydrogen-bond donors (Lipinski definition) is 1. The van der Waals surface area contributed by atoms with Gasteiger partial charge in [0, 0.05) is 42.1 Å². The number of carbonyl (C=O) groups is 2. The molecule has 1 fully saturated rings. The van der Waals surface area contributed by atoms with Crippen LogP contribution in [0.25, 0.3) is 10.8 Å². The molecular weight excluding hydrogens is 450 g/mol. The fourth-order valence-electron chi connectivity index (χ4n) is 5.02. The third-order valence-electron chi connectivity index (χ3n) is 6.79. The minimum Gasteiger partial charge on any atom is -0.465 e. The highest BCUT2D eigenvalue weighted by Gasteiger charge is 2.23. The van der Waals surface area contributed by atoms with Crippen LogP contribution in [0.3, 0.4) is 0 Å². The number of nitrogens with zero attached hydrogens (tertiary/aromatic N) is 2. The lowest BCUT2D eigenvalue weighted by Crippen LogP contribution is -2.21. The van der Waals surface area contributed by atoms with E-state index in [1.807, 2.05) is 30.6 Å². The van der Waals surface area contributed by atoms with Gasteiger partial charge in [-0.25, -0.2) is 4.79 Å². The summed E-state index contributed by atoms with van der Waals surface area (Å²) in [6.07, 6.45) is 6.02. The van der Waals surface area contributed by atoms with Gasteiger partial charge in [-0.15, -0.1) is 0 Å². The number of methoxy groups -OCH3 is 1. The number of nitrogens with one attached hydrogen (secondary N) is 1. The second kappa shape index (κ2) is 10.7. The lowest BCUT2D eigenvalue weighted by Gasteiger charge is -2.17. The van der Waals surface area contributed by atoms with Gasteiger partial charge in [-0.1, -0.05) is 36.4 Å². The highest BCUT2D eigenvalue weighted by Crippen LogP contribution is 2.26. The lowest BCUT2D eigenvalue weighted by molar-refractivity contribution is 0.0600. The Morgan fingerprint density at radius 1 is 1.03 bits per heavy atom. The van der Waals surface area contributed by atoms with E-state index in [-0.39, 0.29) is 5.91 Å². The van der Waals surface area contributed by atoms with Crippen molar-refractivity contribution in [2.75, 3.05) is 25.5 Å². The lowest BCUT2D eigenvalue weighted by atomic mass is 9.95. The smallest absolute Gasteiger partial charge is 0.337 e. The molecule has 6 nitrogen and oxygen atoms in total. The zero-order chi connectivity index (χ0) is 24.9. The molecule has 0 aliphatic carbocycles. The van der Waals surface area contributed by atoms with Gasteiger partial charge >= 0.3 is 5.97 Å². The first-order valence-electron chi connectivity index (χ1n) is 12.2. The number of esters is 1. The fourth-order valence-corrected chi connectivity index (χ4v) is 5.02. The van der Waals surface area contributed by atoms with Crippen molar-refractivity contribution in [1.82, 2.24) is 9.88 Å². The van der Waals surface area contributed by atoms with Crippen molar-refractivity contribution in [3.8, 4) is 0 Å². The molecule has 1 amide bonds. The Morgan fingerprint density at radius 3 is 2.75 bits per heavy atom. The van der Waals surface area contributed by atoms with E-state index >= 15 is 0 Å². The van der Waals surface area contributed by atoms with Gasteiger partial charge in [-0.05, 0) is 78.2 Å². The van der Waals surface area contributed by atoms with E-state index in [9.17, 15) is 9.59 Å². The van der Waals surface area contributed by atoms with Gasteiger partial charge in [0.1, 0.15) is 0 Å². The second-order valence-corrected chi connectivity index (χ2v) is 9.33. The summed E-state index contributed by atoms with van der Waals surface area (Å²) in [5.41, 5.74) is 4.04. The van der Waals surface area contributed by atoms with Gasteiger partial charge in [0.05, 0.1) is 12.7 Å². The van der Waals surface area contributed by atoms with Crippen LogP contribution in [0.2, 0.25) is 0 Å². The van der Waals surface area contributed by atoms with E-state index < -0.39 is 5.97 Å². The Labute approximate surface area is 210 Å². The molecule has 2 heterocycles. The van der Waals surface area contributed by atoms with Gasteiger partial charge in [0.15, 0.2) is 0 Å². The predicted molar refractivity (Wildman–Crippen MR) is 141 cm³/mol. The van der Waals surface area contributed by atoms with Crippen molar-refractivity contribution in [2.24, 2.45) is 5.92 Å². The molecule has 6 heteroatoms. The average molecular weight is 480 g/mol. The summed E-state index contributed by atoms with van der Waals surface area (Å²) in [5, 5.41) is 5.37. The number of anilines is 1. The largest absolute Gasteiger partial charge is 0.465 e. The van der Waals surface area contributed by atoms with E-state index in [2.05, 4.69) is 45.5 Å². The van der Waals surface area contributed by atoms with Crippen molar-refractivity contribution in [3.05, 3.63) is 107 Å². The quantitative estimate of drug-likeness (QED) is 0.363. The minimum atomic E-state index is -0.436. The molecule has 1 unspecified atom stereocenters. The molecule has 1 aliphatic rings. The summed E-state index contributed by atoms with van der Waals surface area (Å²) in [6.45, 7) is 2.90. The fraction of sp³-hybridized carbons (Fsp3) is 0.233. The summed E-state index contributed by atoms with van der Waals surface area (Å²) < 4.78 is 4.76. The monoisotopic (exact) mass is 479 g/mol. The number of aromatic nitrogens is 1. The van der Waals surface area contributed by atoms with Crippen LogP contribution in [-0.4, -0.2) is 42.0 Å². The van der Waals surface area contributed by atoms with E-state index in [4.69, 9.17) is 4.74 Å². The van der Waals surface area contributed by atoms with Gasteiger partial charge in [0.25, 0.3) is 5.91 Å². The van der Waals surface area contributed by atoms with Gasteiger partial charge in [-0.3, -0.25) is 14.7 Å². The van der Waals surface area contributed by atoms with Gasteiger partial charge in [0.2, 0.25) is 0 Å². The maximum Gasteiger partial charge on any atom is 0.337 e. The number of hydrogen-bond acceptors (Lipinski definition) is 5. The molecule has 1 atom stereocenters. The number of benzene rings is 3. The Kier molecular flexibility index (Phi) is 7.05. The van der Waals surface area contributed by atoms with Crippen LogP contribution in [0, 0.1) is 5.92 Å².